The Kier molecular flexibility index (Phi) is 4.46. The van der Waals surface area contributed by atoms with Crippen LogP contribution in [0.5, 0.6) is 0 Å². The number of hydrogen-bond donors (Lipinski definition) is 0. The first kappa shape index (κ1) is 18.7. The predicted octanol–water partition coefficient (Wildman–Crippen LogP) is 2.59. The molecule has 0 saturated carbocycles. The Morgan fingerprint density at radius 3 is 2.57 bits per heavy atom. The summed E-state index contributed by atoms with van der Waals surface area (Å²) in [7, 11) is -3.70. The molecule has 0 aliphatic rings. The van der Waals surface area contributed by atoms with Crippen LogP contribution < -0.4 is 5.56 Å². The van der Waals surface area contributed by atoms with Gasteiger partial charge in [-0.15, -0.1) is 22.7 Å². The Labute approximate surface area is 177 Å². The Balaban J connectivity index is 1.68. The van der Waals surface area contributed by atoms with Crippen LogP contribution in [0.2, 0.25) is 0 Å². The van der Waals surface area contributed by atoms with Gasteiger partial charge in [0.15, 0.2) is 10.8 Å². The molecule has 0 saturated heterocycles. The molecule has 148 valence electrons. The van der Waals surface area contributed by atoms with E-state index in [2.05, 4.69) is 24.9 Å². The molecular formula is C18H10N6O3S3. The summed E-state index contributed by atoms with van der Waals surface area (Å²) in [5, 5.41) is 2.86. The van der Waals surface area contributed by atoms with E-state index in [9.17, 15) is 13.2 Å². The summed E-state index contributed by atoms with van der Waals surface area (Å²) in [5.74, 6) is 0. The van der Waals surface area contributed by atoms with Crippen LogP contribution >= 0.6 is 22.7 Å². The summed E-state index contributed by atoms with van der Waals surface area (Å²) in [6.45, 7) is 0. The van der Waals surface area contributed by atoms with Gasteiger partial charge in [-0.05, 0) is 18.2 Å². The lowest BCUT2D eigenvalue weighted by Gasteiger charge is -2.09. The smallest absolute Gasteiger partial charge is 0.268 e. The maximum atomic E-state index is 13.3. The molecule has 0 aliphatic carbocycles. The molecule has 5 rings (SSSR count). The van der Waals surface area contributed by atoms with Gasteiger partial charge in [0.2, 0.25) is 9.84 Å². The topological polar surface area (TPSA) is 121 Å². The zero-order valence-corrected chi connectivity index (χ0v) is 17.4. The lowest BCUT2D eigenvalue weighted by molar-refractivity contribution is 0.597. The van der Waals surface area contributed by atoms with E-state index in [0.717, 1.165) is 11.3 Å². The third-order valence-corrected chi connectivity index (χ3v) is 8.04. The van der Waals surface area contributed by atoms with Crippen molar-refractivity contribution in [1.82, 2.24) is 29.5 Å². The maximum Gasteiger partial charge on any atom is 0.268 e. The number of thiazole rings is 2. The van der Waals surface area contributed by atoms with Crippen molar-refractivity contribution in [3.05, 3.63) is 70.6 Å². The van der Waals surface area contributed by atoms with Crippen LogP contribution in [-0.2, 0) is 9.84 Å². The Morgan fingerprint density at radius 1 is 0.967 bits per heavy atom. The molecule has 0 N–H and O–H groups in total. The molecule has 12 heteroatoms. The molecular weight excluding hydrogens is 444 g/mol. The number of pyridine rings is 2. The van der Waals surface area contributed by atoms with Crippen LogP contribution in [0.3, 0.4) is 0 Å². The van der Waals surface area contributed by atoms with Crippen LogP contribution in [-0.4, -0.2) is 37.9 Å². The fourth-order valence-electron chi connectivity index (χ4n) is 2.90. The van der Waals surface area contributed by atoms with E-state index in [-0.39, 0.29) is 20.2 Å². The number of fused-ring (bicyclic) bond motifs is 1. The minimum absolute atomic E-state index is 0.0277. The number of sulfone groups is 1. The normalized spacial score (nSPS) is 11.7. The molecule has 5 aromatic heterocycles. The number of aromatic nitrogens is 6. The average Bonchev–Trinajstić information content (AvgIpc) is 3.48. The Bertz CT molecular complexity index is 1510. The highest BCUT2D eigenvalue weighted by Gasteiger charge is 2.21. The third-order valence-electron chi connectivity index (χ3n) is 4.27. The predicted molar refractivity (Wildman–Crippen MR) is 112 cm³/mol. The first-order chi connectivity index (χ1) is 14.6. The molecule has 0 fully saturated rings. The Hall–Kier alpha value is -3.35. The van der Waals surface area contributed by atoms with Crippen molar-refractivity contribution in [2.45, 2.75) is 9.10 Å². The molecule has 9 nitrogen and oxygen atoms in total. The zero-order valence-electron chi connectivity index (χ0n) is 14.9. The summed E-state index contributed by atoms with van der Waals surface area (Å²) in [5.41, 5.74) is 2.14. The fourth-order valence-corrected chi connectivity index (χ4v) is 5.68. The molecule has 0 aromatic carbocycles. The number of rotatable bonds is 4. The van der Waals surface area contributed by atoms with E-state index in [1.54, 1.807) is 23.8 Å². The first-order valence-corrected chi connectivity index (χ1v) is 11.7. The van der Waals surface area contributed by atoms with E-state index in [1.807, 2.05) is 0 Å². The second-order valence-electron chi connectivity index (χ2n) is 6.02. The molecule has 0 aliphatic heterocycles. The molecule has 0 bridgehead atoms. The van der Waals surface area contributed by atoms with Crippen LogP contribution in [0.4, 0.5) is 0 Å². The quantitative estimate of drug-likeness (QED) is 0.406. The van der Waals surface area contributed by atoms with E-state index in [4.69, 9.17) is 0 Å². The van der Waals surface area contributed by atoms with Crippen molar-refractivity contribution in [3.8, 4) is 16.4 Å². The minimum atomic E-state index is -3.70. The maximum absolute atomic E-state index is 13.3. The van der Waals surface area contributed by atoms with Crippen LogP contribution in [0.15, 0.2) is 74.1 Å². The number of nitrogens with zero attached hydrogens (tertiary/aromatic N) is 6. The minimum Gasteiger partial charge on any atom is -0.268 e. The monoisotopic (exact) mass is 454 g/mol. The third kappa shape index (κ3) is 3.01. The van der Waals surface area contributed by atoms with Gasteiger partial charge < -0.3 is 0 Å². The largest absolute Gasteiger partial charge is 0.268 e. The van der Waals surface area contributed by atoms with Gasteiger partial charge in [-0.25, -0.2) is 27.9 Å². The van der Waals surface area contributed by atoms with Gasteiger partial charge in [0.05, 0.1) is 27.9 Å². The lowest BCUT2D eigenvalue weighted by Crippen LogP contribution is -2.21. The fraction of sp³-hybridized carbons (Fsp3) is 0. The van der Waals surface area contributed by atoms with Gasteiger partial charge in [-0.2, -0.15) is 0 Å². The lowest BCUT2D eigenvalue weighted by atomic mass is 10.1. The Morgan fingerprint density at radius 2 is 1.87 bits per heavy atom. The van der Waals surface area contributed by atoms with Crippen LogP contribution in [0.1, 0.15) is 0 Å². The van der Waals surface area contributed by atoms with Crippen molar-refractivity contribution >= 4 is 43.5 Å². The number of hydrogen-bond acceptors (Lipinski definition) is 10. The van der Waals surface area contributed by atoms with Gasteiger partial charge in [0.25, 0.3) is 5.56 Å². The van der Waals surface area contributed by atoms with Crippen molar-refractivity contribution in [1.29, 1.82) is 0 Å². The standard InChI is InChI=1S/C18H10N6O3S3/c25-17-13(5-11-6-19-9-23-16(11)24(17)18-21-3-4-28-18)14-2-1-12(7-22-14)30(26,27)15-8-20-10-29-15/h1-10H. The molecule has 0 unspecified atom stereocenters. The van der Waals surface area contributed by atoms with Crippen molar-refractivity contribution in [2.24, 2.45) is 0 Å². The molecule has 0 spiro atoms. The van der Waals surface area contributed by atoms with Crippen LogP contribution in [0.25, 0.3) is 27.4 Å². The SMILES string of the molecule is O=c1c(-c2ccc(S(=O)(=O)c3cncs3)cn2)cc2cncnc2n1-c1nccs1. The summed E-state index contributed by atoms with van der Waals surface area (Å²) in [6.07, 6.45) is 7.09. The van der Waals surface area contributed by atoms with Gasteiger partial charge in [-0.1, -0.05) is 0 Å². The van der Waals surface area contributed by atoms with E-state index in [0.29, 0.717) is 21.9 Å². The van der Waals surface area contributed by atoms with Crippen molar-refractivity contribution in [2.75, 3.05) is 0 Å². The summed E-state index contributed by atoms with van der Waals surface area (Å²) in [4.78, 5) is 33.8. The highest BCUT2D eigenvalue weighted by molar-refractivity contribution is 7.93. The van der Waals surface area contributed by atoms with Crippen LogP contribution in [0, 0.1) is 0 Å². The van der Waals surface area contributed by atoms with E-state index in [1.165, 1.54) is 52.3 Å². The van der Waals surface area contributed by atoms with Crippen molar-refractivity contribution in [3.63, 3.8) is 0 Å². The molecule has 30 heavy (non-hydrogen) atoms. The highest BCUT2D eigenvalue weighted by atomic mass is 32.2. The van der Waals surface area contributed by atoms with Gasteiger partial charge in [0.1, 0.15) is 10.5 Å². The first-order valence-electron chi connectivity index (χ1n) is 8.41. The second-order valence-corrected chi connectivity index (χ2v) is 9.95. The summed E-state index contributed by atoms with van der Waals surface area (Å²) < 4.78 is 26.8. The van der Waals surface area contributed by atoms with Gasteiger partial charge in [-0.3, -0.25) is 14.8 Å². The molecule has 5 aromatic rings. The summed E-state index contributed by atoms with van der Waals surface area (Å²) >= 11 is 2.33. The molecule has 0 atom stereocenters. The van der Waals surface area contributed by atoms with Crippen molar-refractivity contribution < 1.29 is 8.42 Å². The van der Waals surface area contributed by atoms with E-state index >= 15 is 0 Å². The average molecular weight is 455 g/mol. The van der Waals surface area contributed by atoms with E-state index < -0.39 is 9.84 Å². The van der Waals surface area contributed by atoms with Gasteiger partial charge >= 0.3 is 0 Å². The molecule has 5 heterocycles. The second kappa shape index (κ2) is 7.16. The zero-order chi connectivity index (χ0) is 20.7. The molecule has 0 amide bonds. The molecule has 0 radical (unpaired) electrons. The highest BCUT2D eigenvalue weighted by Crippen LogP contribution is 2.26. The van der Waals surface area contributed by atoms with Gasteiger partial charge in [0, 0.05) is 29.4 Å². The summed E-state index contributed by atoms with van der Waals surface area (Å²) in [6, 6.07) is 4.57.